The largest absolute Gasteiger partial charge is 0.463 e. The molecule has 0 aromatic rings. The summed E-state index contributed by atoms with van der Waals surface area (Å²) in [6.07, 6.45) is 15.2. The van der Waals surface area contributed by atoms with E-state index in [1.165, 1.54) is 69.2 Å². The molecular weight excluding hydrogens is 1940 g/mol. The van der Waals surface area contributed by atoms with Gasteiger partial charge >= 0.3 is 47.8 Å². The number of carbonyl (C=O) groups excluding carboxylic acids is 16. The second kappa shape index (κ2) is 79.1. The van der Waals surface area contributed by atoms with Crippen molar-refractivity contribution in [1.29, 1.82) is 5.26 Å². The molecule has 3 heterocycles. The molecule has 18 unspecified atom stereocenters. The van der Waals surface area contributed by atoms with E-state index < -0.39 is 184 Å². The molecule has 0 aromatic carbocycles. The molecule has 3 aliphatic rings. The zero-order valence-electron chi connectivity index (χ0n) is 90.1. The molecule has 0 radical (unpaired) electrons. The van der Waals surface area contributed by atoms with E-state index in [-0.39, 0.29) is 108 Å². The van der Waals surface area contributed by atoms with Gasteiger partial charge in [0.2, 0.25) is 47.3 Å². The molecule has 0 bridgehead atoms. The Balaban J connectivity index is 1.64. The first-order chi connectivity index (χ1) is 70.2. The van der Waals surface area contributed by atoms with Crippen LogP contribution in [0.4, 0.5) is 0 Å². The van der Waals surface area contributed by atoms with Gasteiger partial charge in [-0.15, -0.1) is 0 Å². The lowest BCUT2D eigenvalue weighted by atomic mass is 9.96. The van der Waals surface area contributed by atoms with Crippen molar-refractivity contribution in [3.8, 4) is 6.07 Å². The topological polar surface area (TPSA) is 564 Å². The number of aliphatic hydroxyl groups excluding tert-OH is 1. The lowest BCUT2D eigenvalue weighted by molar-refractivity contribution is -0.277. The van der Waals surface area contributed by atoms with Gasteiger partial charge in [-0.2, -0.15) is 5.26 Å². The maximum atomic E-state index is 14.7. The summed E-state index contributed by atoms with van der Waals surface area (Å²) in [7, 11) is -1.39. The van der Waals surface area contributed by atoms with Crippen LogP contribution in [0.1, 0.15) is 367 Å². The van der Waals surface area contributed by atoms with Crippen LogP contribution < -0.4 is 42.5 Å². The number of nitrogens with one attached hydrogen (secondary N) is 8. The number of amides is 8. The Morgan fingerprint density at radius 1 is 0.327 bits per heavy atom. The molecule has 44 heteroatoms. The lowest BCUT2D eigenvalue weighted by Crippen LogP contribution is -2.66. The van der Waals surface area contributed by atoms with Gasteiger partial charge in [0.1, 0.15) is 74.4 Å². The molecule has 147 heavy (non-hydrogen) atoms. The number of ether oxygens (including phenoxy) is 14. The Morgan fingerprint density at radius 3 is 0.973 bits per heavy atom. The number of hydrogen-bond donors (Lipinski definition) is 9. The zero-order valence-corrected chi connectivity index (χ0v) is 91.0. The molecule has 842 valence electrons. The van der Waals surface area contributed by atoms with E-state index in [9.17, 15) is 87.1 Å². The Hall–Kier alpha value is -8.96. The molecule has 3 saturated heterocycles. The Morgan fingerprint density at radius 2 is 0.619 bits per heavy atom. The van der Waals surface area contributed by atoms with Crippen molar-refractivity contribution in [3.63, 3.8) is 0 Å². The highest BCUT2D eigenvalue weighted by molar-refractivity contribution is 7.44. The lowest BCUT2D eigenvalue weighted by Gasteiger charge is -2.44. The van der Waals surface area contributed by atoms with E-state index in [0.717, 1.165) is 161 Å². The third-order valence-corrected chi connectivity index (χ3v) is 26.5. The average molecular weight is 2110 g/mol. The number of nitrogens with zero attached hydrogens (tertiary/aromatic N) is 2. The van der Waals surface area contributed by atoms with Crippen molar-refractivity contribution in [3.05, 3.63) is 0 Å². The molecule has 0 aliphatic carbocycles. The fraction of sp³-hybridized carbons (Fsp3) is 0.835. The van der Waals surface area contributed by atoms with Crippen molar-refractivity contribution in [2.75, 3.05) is 72.5 Å². The van der Waals surface area contributed by atoms with E-state index >= 15 is 0 Å². The zero-order chi connectivity index (χ0) is 109. The molecular formula is C103H177N10O33P. The SMILES string of the molecule is CC(=O)NC1C(OCCCCCCCCCCCC(=O)NCCCCC(NC(=O)CCCCCCCCCCCOC2OC(COC(C)=O)C(OC(C)=O)C(OC(C)=O)C2NC(C)=O)C(=O)NC(CCCCNC(=O)CCCCCCCCCCCOC2OC(COC(C)=O)C(OC(C)=O)C(OC(C)=O)C2NC(C)=O)C(=O)NCCCCCCOP(OCCC#N)N(C(C)C)C(C)C)OC(COC(C)=O)C(O)C1OC(C)=O. The van der Waals surface area contributed by atoms with Crippen LogP contribution in [0, 0.1) is 11.3 Å². The van der Waals surface area contributed by atoms with Crippen LogP contribution in [0.15, 0.2) is 0 Å². The van der Waals surface area contributed by atoms with Gasteiger partial charge < -0.3 is 123 Å². The van der Waals surface area contributed by atoms with Gasteiger partial charge in [0.15, 0.2) is 49.4 Å². The van der Waals surface area contributed by atoms with Crippen molar-refractivity contribution in [2.24, 2.45) is 0 Å². The highest BCUT2D eigenvalue weighted by atomic mass is 31.2. The van der Waals surface area contributed by atoms with Crippen LogP contribution in [0.3, 0.4) is 0 Å². The van der Waals surface area contributed by atoms with Gasteiger partial charge in [0.05, 0.1) is 25.7 Å². The summed E-state index contributed by atoms with van der Waals surface area (Å²) >= 11 is 0. The fourth-order valence-corrected chi connectivity index (χ4v) is 19.1. The van der Waals surface area contributed by atoms with E-state index in [1.807, 2.05) is 0 Å². The first-order valence-corrected chi connectivity index (χ1v) is 54.5. The molecule has 0 spiro atoms. The van der Waals surface area contributed by atoms with Crippen LogP contribution >= 0.6 is 8.53 Å². The summed E-state index contributed by atoms with van der Waals surface area (Å²) in [6.45, 7) is 23.0. The first kappa shape index (κ1) is 132. The number of aliphatic hydroxyl groups is 1. The maximum absolute atomic E-state index is 14.7. The van der Waals surface area contributed by atoms with E-state index in [2.05, 4.69) is 81.0 Å². The third kappa shape index (κ3) is 60.6. The molecule has 3 fully saturated rings. The molecule has 0 aromatic heterocycles. The second-order valence-corrected chi connectivity index (χ2v) is 39.9. The average Bonchev–Trinajstić information content (AvgIpc) is 0.788. The molecule has 43 nitrogen and oxygen atoms in total. The summed E-state index contributed by atoms with van der Waals surface area (Å²) in [6, 6.07) is -2.71. The van der Waals surface area contributed by atoms with E-state index in [4.69, 9.17) is 75.4 Å². The predicted octanol–water partition coefficient (Wildman–Crippen LogP) is 10.6. The maximum Gasteiger partial charge on any atom is 0.303 e. The molecule has 9 N–H and O–H groups in total. The van der Waals surface area contributed by atoms with Crippen molar-refractivity contribution in [2.45, 2.75) is 483 Å². The summed E-state index contributed by atoms with van der Waals surface area (Å²) in [5.74, 6) is -8.18. The highest BCUT2D eigenvalue weighted by Crippen LogP contribution is 2.46. The minimum atomic E-state index is -1.42. The number of unbranched alkanes of at least 4 members (excludes halogenated alkanes) is 29. The van der Waals surface area contributed by atoms with Crippen LogP contribution in [-0.2, 0) is 152 Å². The number of esters is 8. The van der Waals surface area contributed by atoms with E-state index in [0.29, 0.717) is 110 Å². The number of hydrogen-bond acceptors (Lipinski definition) is 35. The van der Waals surface area contributed by atoms with Gasteiger partial charge in [0.25, 0.3) is 8.53 Å². The summed E-state index contributed by atoms with van der Waals surface area (Å²) in [5.41, 5.74) is 0. The number of nitriles is 1. The standard InChI is InChI=1S/C103H177N10O33P/c1-69(2)113(70(3)4)147(138-65-51-57-104)137-64-50-38-34-44-60-107-99(129)82(52-42-45-58-105-87(125)54-39-31-26-20-17-23-29-36-48-62-132-102-91(109-72(6)115)97(142-80(14)123)94(139-77(11)120)85(145-102)67-135-75(9)118)112-100(130)83(111-89(127)56-41-33-27-21-18-24-30-37-49-63-133-103-92(110-73(7)116)98(143-81(15)124)95(140-78(12)121)86(146-103)68-136-76(10)119)53-43-46-59-106-88(126)55-40-32-25-19-16-22-28-35-47-61-131-101-90(108-71(5)114)96(141-79(13)122)93(128)84(144-101)66-134-74(8)117/h69-70,82-86,90-98,101-103,128H,16-56,58-68H2,1-15H3,(H,105,125)(H,106,126)(H,107,129)(H,108,114)(H,109,115)(H,110,116)(H,111,127)(H,112,130). The second-order valence-electron chi connectivity index (χ2n) is 38.4. The van der Waals surface area contributed by atoms with Gasteiger partial charge in [-0.3, -0.25) is 76.7 Å². The minimum Gasteiger partial charge on any atom is -0.463 e. The van der Waals surface area contributed by atoms with Gasteiger partial charge in [-0.25, -0.2) is 4.67 Å². The van der Waals surface area contributed by atoms with Gasteiger partial charge in [0, 0.05) is 147 Å². The monoisotopic (exact) mass is 2110 g/mol. The predicted molar refractivity (Wildman–Crippen MR) is 539 cm³/mol. The van der Waals surface area contributed by atoms with Crippen molar-refractivity contribution >= 4 is 104 Å². The molecule has 18 atom stereocenters. The van der Waals surface area contributed by atoms with Crippen molar-refractivity contribution < 1.29 is 157 Å². The fourth-order valence-electron chi connectivity index (χ4n) is 17.5. The number of carbonyl (C=O) groups is 16. The van der Waals surface area contributed by atoms with Gasteiger partial charge in [-0.1, -0.05) is 148 Å². The van der Waals surface area contributed by atoms with Crippen LogP contribution in [0.5, 0.6) is 0 Å². The molecule has 8 amide bonds. The van der Waals surface area contributed by atoms with Crippen molar-refractivity contribution in [1.82, 2.24) is 47.2 Å². The van der Waals surface area contributed by atoms with Crippen LogP contribution in [-0.4, -0.2) is 293 Å². The summed E-state index contributed by atoms with van der Waals surface area (Å²) < 4.78 is 93.9. The van der Waals surface area contributed by atoms with Crippen LogP contribution in [0.25, 0.3) is 0 Å². The minimum absolute atomic E-state index is 0.0908. The summed E-state index contributed by atoms with van der Waals surface area (Å²) in [4.78, 5) is 202. The molecule has 3 aliphatic heterocycles. The molecule has 3 rings (SSSR count). The third-order valence-electron chi connectivity index (χ3n) is 24.4. The van der Waals surface area contributed by atoms with E-state index in [1.54, 1.807) is 0 Å². The summed E-state index contributed by atoms with van der Waals surface area (Å²) in [5, 5.41) is 43.3. The Kier molecular flexibility index (Phi) is 71.1. The van der Waals surface area contributed by atoms with Gasteiger partial charge in [-0.05, 0) is 118 Å². The first-order valence-electron chi connectivity index (χ1n) is 53.4. The highest BCUT2D eigenvalue weighted by Gasteiger charge is 2.54. The Labute approximate surface area is 870 Å². The smallest absolute Gasteiger partial charge is 0.303 e. The molecule has 0 saturated carbocycles. The van der Waals surface area contributed by atoms with Crippen LogP contribution in [0.2, 0.25) is 0 Å². The quantitative estimate of drug-likeness (QED) is 0.0118. The number of rotatable bonds is 81. The Bertz CT molecular complexity index is 3900. The normalized spacial score (nSPS) is 21.2.